The molecule has 0 aliphatic heterocycles. The average Bonchev–Trinajstić information content (AvgIpc) is 2.73. The molecule has 16 heavy (non-hydrogen) atoms. The molecular weight excluding hydrogens is 288 g/mol. The Hall–Kier alpha value is -0.980. The minimum absolute atomic E-state index is 0.361. The van der Waals surface area contributed by atoms with Crippen LogP contribution in [0.25, 0.3) is 0 Å². The summed E-state index contributed by atoms with van der Waals surface area (Å²) < 4.78 is 1.13. The summed E-state index contributed by atoms with van der Waals surface area (Å²) in [4.78, 5) is 9.54. The van der Waals surface area contributed by atoms with Crippen molar-refractivity contribution in [2.24, 2.45) is 5.73 Å². The predicted molar refractivity (Wildman–Crippen MR) is 69.3 cm³/mol. The second kappa shape index (κ2) is 5.38. The number of nitrogens with two attached hydrogens (primary N) is 1. The molecule has 84 valence electrons. The summed E-state index contributed by atoms with van der Waals surface area (Å²) in [6.45, 7) is 1.12. The molecule has 6 heteroatoms. The fourth-order valence-electron chi connectivity index (χ4n) is 1.22. The van der Waals surface area contributed by atoms with Gasteiger partial charge in [-0.15, -0.1) is 11.3 Å². The number of halogens is 1. The zero-order valence-corrected chi connectivity index (χ0v) is 10.9. The molecule has 0 aliphatic rings. The Kier molecular flexibility index (Phi) is 3.87. The van der Waals surface area contributed by atoms with Crippen molar-refractivity contribution in [3.63, 3.8) is 0 Å². The van der Waals surface area contributed by atoms with Crippen LogP contribution in [0.3, 0.4) is 0 Å². The number of nitrogens with one attached hydrogen (secondary N) is 1. The summed E-state index contributed by atoms with van der Waals surface area (Å²) in [5.41, 5.74) is 5.47. The highest BCUT2D eigenvalue weighted by Gasteiger charge is 1.99. The van der Waals surface area contributed by atoms with Gasteiger partial charge in [0.2, 0.25) is 0 Å². The number of nitrogens with zero attached hydrogens (tertiary/aromatic N) is 2. The van der Waals surface area contributed by atoms with E-state index in [0.29, 0.717) is 12.4 Å². The van der Waals surface area contributed by atoms with Crippen molar-refractivity contribution >= 4 is 33.1 Å². The van der Waals surface area contributed by atoms with E-state index in [1.807, 2.05) is 12.1 Å². The van der Waals surface area contributed by atoms with Gasteiger partial charge < -0.3 is 11.1 Å². The van der Waals surface area contributed by atoms with Gasteiger partial charge in [-0.1, -0.05) is 0 Å². The van der Waals surface area contributed by atoms with E-state index in [-0.39, 0.29) is 0 Å². The minimum atomic E-state index is 0.361. The first-order valence-electron chi connectivity index (χ1n) is 4.78. The monoisotopic (exact) mass is 298 g/mol. The molecule has 0 saturated carbocycles. The van der Waals surface area contributed by atoms with Crippen LogP contribution in [0.2, 0.25) is 0 Å². The third kappa shape index (κ3) is 3.01. The van der Waals surface area contributed by atoms with Crippen LogP contribution < -0.4 is 11.1 Å². The van der Waals surface area contributed by atoms with Crippen LogP contribution in [0.1, 0.15) is 10.7 Å². The molecule has 2 rings (SSSR count). The Labute approximate surface area is 106 Å². The van der Waals surface area contributed by atoms with Crippen molar-refractivity contribution in [2.75, 3.05) is 5.32 Å². The average molecular weight is 299 g/mol. The predicted octanol–water partition coefficient (Wildman–Crippen LogP) is 2.37. The lowest BCUT2D eigenvalue weighted by atomic mass is 10.4. The Morgan fingerprint density at radius 2 is 2.25 bits per heavy atom. The van der Waals surface area contributed by atoms with E-state index in [1.54, 1.807) is 17.5 Å². The number of hydrogen-bond donors (Lipinski definition) is 2. The zero-order valence-electron chi connectivity index (χ0n) is 8.48. The molecule has 0 fully saturated rings. The molecule has 0 amide bonds. The van der Waals surface area contributed by atoms with Crippen LogP contribution in [0.15, 0.2) is 28.2 Å². The van der Waals surface area contributed by atoms with E-state index < -0.39 is 0 Å². The molecule has 0 bridgehead atoms. The molecule has 2 aromatic heterocycles. The SMILES string of the molecule is NCc1nccc(NCc2ccc(Br)s2)n1. The van der Waals surface area contributed by atoms with Crippen molar-refractivity contribution in [1.82, 2.24) is 9.97 Å². The van der Waals surface area contributed by atoms with Gasteiger partial charge in [-0.25, -0.2) is 9.97 Å². The quantitative estimate of drug-likeness (QED) is 0.910. The third-order valence-corrected chi connectivity index (χ3v) is 3.58. The molecule has 2 aromatic rings. The summed E-state index contributed by atoms with van der Waals surface area (Å²) in [6.07, 6.45) is 1.71. The van der Waals surface area contributed by atoms with Gasteiger partial charge >= 0.3 is 0 Å². The largest absolute Gasteiger partial charge is 0.365 e. The first kappa shape index (κ1) is 11.5. The van der Waals surface area contributed by atoms with Gasteiger partial charge in [-0.2, -0.15) is 0 Å². The summed E-state index contributed by atoms with van der Waals surface area (Å²) in [5.74, 6) is 1.46. The van der Waals surface area contributed by atoms with Gasteiger partial charge in [0.1, 0.15) is 11.6 Å². The summed E-state index contributed by atoms with van der Waals surface area (Å²) in [6, 6.07) is 5.95. The number of thiophene rings is 1. The lowest BCUT2D eigenvalue weighted by molar-refractivity contribution is 0.905. The molecule has 3 N–H and O–H groups in total. The van der Waals surface area contributed by atoms with Crippen LogP contribution in [-0.4, -0.2) is 9.97 Å². The fourth-order valence-corrected chi connectivity index (χ4v) is 2.64. The van der Waals surface area contributed by atoms with Gasteiger partial charge in [0.15, 0.2) is 0 Å². The number of rotatable bonds is 4. The molecule has 0 atom stereocenters. The molecule has 0 unspecified atom stereocenters. The van der Waals surface area contributed by atoms with Crippen LogP contribution >= 0.6 is 27.3 Å². The van der Waals surface area contributed by atoms with Gasteiger partial charge in [0.25, 0.3) is 0 Å². The van der Waals surface area contributed by atoms with E-state index in [1.165, 1.54) is 4.88 Å². The second-order valence-electron chi connectivity index (χ2n) is 3.12. The number of anilines is 1. The number of aromatic nitrogens is 2. The number of hydrogen-bond acceptors (Lipinski definition) is 5. The van der Waals surface area contributed by atoms with Gasteiger partial charge in [0.05, 0.1) is 16.9 Å². The smallest absolute Gasteiger partial charge is 0.144 e. The van der Waals surface area contributed by atoms with Crippen molar-refractivity contribution in [2.45, 2.75) is 13.1 Å². The van der Waals surface area contributed by atoms with Crippen LogP contribution in [-0.2, 0) is 13.1 Å². The molecule has 2 heterocycles. The van der Waals surface area contributed by atoms with Crippen molar-refractivity contribution in [1.29, 1.82) is 0 Å². The zero-order chi connectivity index (χ0) is 11.4. The van der Waals surface area contributed by atoms with E-state index in [0.717, 1.165) is 16.1 Å². The van der Waals surface area contributed by atoms with E-state index in [9.17, 15) is 0 Å². The molecule has 0 saturated heterocycles. The van der Waals surface area contributed by atoms with Crippen molar-refractivity contribution in [3.8, 4) is 0 Å². The van der Waals surface area contributed by atoms with Crippen molar-refractivity contribution in [3.05, 3.63) is 38.9 Å². The topological polar surface area (TPSA) is 63.8 Å². The first-order chi connectivity index (χ1) is 7.78. The van der Waals surface area contributed by atoms with Gasteiger partial charge in [-0.3, -0.25) is 0 Å². The molecular formula is C10H11BrN4S. The highest BCUT2D eigenvalue weighted by Crippen LogP contribution is 2.22. The van der Waals surface area contributed by atoms with Crippen LogP contribution in [0.5, 0.6) is 0 Å². The third-order valence-electron chi connectivity index (χ3n) is 1.96. The van der Waals surface area contributed by atoms with Gasteiger partial charge in [-0.05, 0) is 34.1 Å². The molecule has 0 aliphatic carbocycles. The van der Waals surface area contributed by atoms with Crippen molar-refractivity contribution < 1.29 is 0 Å². The fraction of sp³-hybridized carbons (Fsp3) is 0.200. The lowest BCUT2D eigenvalue weighted by Crippen LogP contribution is -2.06. The Morgan fingerprint density at radius 1 is 1.38 bits per heavy atom. The Bertz CT molecular complexity index is 471. The second-order valence-corrected chi connectivity index (χ2v) is 5.67. The maximum Gasteiger partial charge on any atom is 0.144 e. The molecule has 4 nitrogen and oxygen atoms in total. The molecule has 0 radical (unpaired) electrons. The van der Waals surface area contributed by atoms with E-state index in [4.69, 9.17) is 5.73 Å². The van der Waals surface area contributed by atoms with E-state index >= 15 is 0 Å². The maximum atomic E-state index is 5.47. The minimum Gasteiger partial charge on any atom is -0.365 e. The summed E-state index contributed by atoms with van der Waals surface area (Å²) in [5, 5.41) is 3.23. The summed E-state index contributed by atoms with van der Waals surface area (Å²) in [7, 11) is 0. The van der Waals surface area contributed by atoms with Gasteiger partial charge in [0, 0.05) is 11.1 Å². The lowest BCUT2D eigenvalue weighted by Gasteiger charge is -2.04. The molecule has 0 aromatic carbocycles. The highest BCUT2D eigenvalue weighted by atomic mass is 79.9. The van der Waals surface area contributed by atoms with Crippen LogP contribution in [0, 0.1) is 0 Å². The summed E-state index contributed by atoms with van der Waals surface area (Å²) >= 11 is 5.13. The Balaban J connectivity index is 1.99. The maximum absolute atomic E-state index is 5.47. The highest BCUT2D eigenvalue weighted by molar-refractivity contribution is 9.11. The first-order valence-corrected chi connectivity index (χ1v) is 6.39. The molecule has 0 spiro atoms. The van der Waals surface area contributed by atoms with Crippen LogP contribution in [0.4, 0.5) is 5.82 Å². The van der Waals surface area contributed by atoms with E-state index in [2.05, 4.69) is 37.3 Å². The normalized spacial score (nSPS) is 10.4. The Morgan fingerprint density at radius 3 is 2.94 bits per heavy atom. The standard InChI is InChI=1S/C10H11BrN4S/c11-8-2-1-7(16-8)6-14-9-3-4-13-10(5-12)15-9/h1-4H,5-6,12H2,(H,13,14,15).